The fourth-order valence-corrected chi connectivity index (χ4v) is 5.08. The fourth-order valence-electron chi connectivity index (χ4n) is 4.11. The van der Waals surface area contributed by atoms with Crippen molar-refractivity contribution in [3.05, 3.63) is 12.2 Å². The number of hydrogen-bond donors (Lipinski definition) is 0. The summed E-state index contributed by atoms with van der Waals surface area (Å²) < 4.78 is 6.11. The summed E-state index contributed by atoms with van der Waals surface area (Å²) in [5.41, 5.74) is 0. The molecule has 0 N–H and O–H groups in total. The molecule has 0 radical (unpaired) electrons. The van der Waals surface area contributed by atoms with Crippen molar-refractivity contribution in [1.29, 1.82) is 0 Å². The highest BCUT2D eigenvalue weighted by Crippen LogP contribution is 2.40. The maximum Gasteiger partial charge on any atom is 0.306 e. The van der Waals surface area contributed by atoms with E-state index in [-0.39, 0.29) is 18.0 Å². The average molecular weight is 518 g/mol. The molecule has 1 aliphatic rings. The van der Waals surface area contributed by atoms with Crippen LogP contribution in [0.25, 0.3) is 0 Å². The Morgan fingerprint density at radius 3 is 2.55 bits per heavy atom. The van der Waals surface area contributed by atoms with Crippen LogP contribution in [0.5, 0.6) is 0 Å². The van der Waals surface area contributed by atoms with Gasteiger partial charge in [0, 0.05) is 36.0 Å². The molecular weight excluding hydrogens is 479 g/mol. The van der Waals surface area contributed by atoms with Gasteiger partial charge in [-0.15, -0.1) is 0 Å². The van der Waals surface area contributed by atoms with Crippen LogP contribution in [0.1, 0.15) is 91.4 Å². The van der Waals surface area contributed by atoms with Crippen LogP contribution < -0.4 is 0 Å². The van der Waals surface area contributed by atoms with Crippen molar-refractivity contribution in [3.63, 3.8) is 0 Å². The second-order valence-corrected chi connectivity index (χ2v) is 9.41. The normalized spacial score (nSPS) is 22.0. The Hall–Kier alpha value is -0.720. The highest BCUT2D eigenvalue weighted by Gasteiger charge is 2.40. The van der Waals surface area contributed by atoms with Gasteiger partial charge in [0.25, 0.3) is 0 Å². The van der Waals surface area contributed by atoms with Gasteiger partial charge in [0.05, 0.1) is 6.10 Å². The van der Waals surface area contributed by atoms with Crippen molar-refractivity contribution >= 4 is 40.1 Å². The Morgan fingerprint density at radius 2 is 1.90 bits per heavy atom. The molecule has 4 nitrogen and oxygen atoms in total. The summed E-state index contributed by atoms with van der Waals surface area (Å²) in [6, 6.07) is 0. The van der Waals surface area contributed by atoms with Crippen molar-refractivity contribution in [2.24, 2.45) is 17.8 Å². The zero-order valence-electron chi connectivity index (χ0n) is 18.5. The number of Topliss-reactive ketones (excluding diaryl/α,β-unsaturated/α-hetero) is 2. The van der Waals surface area contributed by atoms with E-state index in [4.69, 9.17) is 4.74 Å². The number of alkyl halides is 1. The molecule has 0 aromatic rings. The summed E-state index contributed by atoms with van der Waals surface area (Å²) in [7, 11) is 0. The van der Waals surface area contributed by atoms with Gasteiger partial charge >= 0.3 is 5.97 Å². The van der Waals surface area contributed by atoms with E-state index in [1.165, 1.54) is 0 Å². The molecule has 1 aliphatic carbocycles. The molecule has 166 valence electrons. The first kappa shape index (κ1) is 26.3. The number of allylic oxidation sites excluding steroid dienone is 2. The third kappa shape index (κ3) is 10.7. The van der Waals surface area contributed by atoms with Crippen LogP contribution in [-0.4, -0.2) is 28.1 Å². The number of hydrogen-bond acceptors (Lipinski definition) is 4. The molecule has 1 fully saturated rings. The van der Waals surface area contributed by atoms with Crippen LogP contribution >= 0.6 is 22.6 Å². The number of rotatable bonds is 15. The molecule has 5 heteroatoms. The number of ether oxygens (including phenoxy) is 1. The quantitative estimate of drug-likeness (QED) is 0.0847. The van der Waals surface area contributed by atoms with Crippen molar-refractivity contribution in [3.8, 4) is 0 Å². The lowest BCUT2D eigenvalue weighted by Gasteiger charge is -2.21. The van der Waals surface area contributed by atoms with E-state index in [9.17, 15) is 14.4 Å². The molecule has 0 aromatic carbocycles. The Balaban J connectivity index is 2.42. The summed E-state index contributed by atoms with van der Waals surface area (Å²) in [6.07, 6.45) is 13.0. The van der Waals surface area contributed by atoms with Crippen LogP contribution in [-0.2, 0) is 19.1 Å². The minimum atomic E-state index is -0.145. The van der Waals surface area contributed by atoms with Crippen LogP contribution in [0, 0.1) is 17.8 Å². The van der Waals surface area contributed by atoms with Crippen LogP contribution in [0.2, 0.25) is 0 Å². The molecule has 0 saturated heterocycles. The van der Waals surface area contributed by atoms with Gasteiger partial charge in [-0.1, -0.05) is 54.5 Å². The Labute approximate surface area is 190 Å². The Bertz CT molecular complexity index is 541. The minimum Gasteiger partial charge on any atom is -0.463 e. The summed E-state index contributed by atoms with van der Waals surface area (Å²) in [5, 5.41) is 0. The Morgan fingerprint density at radius 1 is 1.14 bits per heavy atom. The van der Waals surface area contributed by atoms with E-state index in [1.807, 2.05) is 13.8 Å². The monoisotopic (exact) mass is 518 g/mol. The first-order valence-corrected chi connectivity index (χ1v) is 12.9. The van der Waals surface area contributed by atoms with Gasteiger partial charge in [-0.25, -0.2) is 0 Å². The highest BCUT2D eigenvalue weighted by molar-refractivity contribution is 14.1. The van der Waals surface area contributed by atoms with E-state index in [1.54, 1.807) is 0 Å². The lowest BCUT2D eigenvalue weighted by Crippen LogP contribution is -2.19. The number of esters is 1. The summed E-state index contributed by atoms with van der Waals surface area (Å²) in [4.78, 5) is 36.3. The van der Waals surface area contributed by atoms with Gasteiger partial charge in [0.2, 0.25) is 0 Å². The largest absolute Gasteiger partial charge is 0.463 e. The van der Waals surface area contributed by atoms with Gasteiger partial charge < -0.3 is 4.74 Å². The fraction of sp³-hybridized carbons (Fsp3) is 0.792. The molecule has 1 saturated carbocycles. The topological polar surface area (TPSA) is 60.4 Å². The first-order valence-electron chi connectivity index (χ1n) is 11.3. The zero-order chi connectivity index (χ0) is 21.6. The summed E-state index contributed by atoms with van der Waals surface area (Å²) in [5.74, 6) is 1.37. The standard InChI is InChI=1S/C24H39IO4/c1-4-5-8-11-20(26)14-15-21-19(17-25)16-23(27)22(21)12-9-6-7-10-13-24(28)29-18(2)3/h6,9,18-19,21-22H,4-5,7-8,10-17H2,1-3H3/b9-6-/t19-,21-,22+/m0/s1. The van der Waals surface area contributed by atoms with E-state index in [0.717, 1.165) is 49.4 Å². The second kappa shape index (κ2) is 15.1. The number of carbonyl (C=O) groups excluding carboxylic acids is 3. The highest BCUT2D eigenvalue weighted by atomic mass is 127. The second-order valence-electron chi connectivity index (χ2n) is 8.53. The van der Waals surface area contributed by atoms with Crippen molar-refractivity contribution in [1.82, 2.24) is 0 Å². The molecule has 0 aromatic heterocycles. The lowest BCUT2D eigenvalue weighted by molar-refractivity contribution is -0.147. The zero-order valence-corrected chi connectivity index (χ0v) is 20.6. The molecule has 0 spiro atoms. The third-order valence-corrected chi connectivity index (χ3v) is 6.82. The Kier molecular flexibility index (Phi) is 13.7. The van der Waals surface area contributed by atoms with Gasteiger partial charge in [0.15, 0.2) is 0 Å². The molecule has 0 aliphatic heterocycles. The lowest BCUT2D eigenvalue weighted by atomic mass is 9.83. The van der Waals surface area contributed by atoms with Gasteiger partial charge in [0.1, 0.15) is 11.6 Å². The van der Waals surface area contributed by atoms with Gasteiger partial charge in [-0.3, -0.25) is 14.4 Å². The molecule has 0 amide bonds. The van der Waals surface area contributed by atoms with Crippen molar-refractivity contribution in [2.75, 3.05) is 4.43 Å². The van der Waals surface area contributed by atoms with Gasteiger partial charge in [-0.2, -0.15) is 0 Å². The van der Waals surface area contributed by atoms with Gasteiger partial charge in [-0.05, 0) is 57.8 Å². The maximum atomic E-state index is 12.5. The van der Waals surface area contributed by atoms with Crippen molar-refractivity contribution in [2.45, 2.75) is 97.5 Å². The SMILES string of the molecule is CCCCCC(=O)CC[C@H]1[C@H](CI)CC(=O)[C@@H]1C/C=C\CCCC(=O)OC(C)C. The van der Waals surface area contributed by atoms with Crippen molar-refractivity contribution < 1.29 is 19.1 Å². The van der Waals surface area contributed by atoms with Crippen LogP contribution in [0.3, 0.4) is 0 Å². The number of halogens is 1. The molecule has 0 unspecified atom stereocenters. The summed E-state index contributed by atoms with van der Waals surface area (Å²) >= 11 is 2.38. The first-order chi connectivity index (χ1) is 13.9. The van der Waals surface area contributed by atoms with E-state index >= 15 is 0 Å². The predicted octanol–water partition coefficient (Wildman–Crippen LogP) is 6.24. The number of unbranched alkanes of at least 4 members (excludes halogenated alkanes) is 3. The average Bonchev–Trinajstić information content (AvgIpc) is 2.97. The van der Waals surface area contributed by atoms with E-state index in [2.05, 4.69) is 41.7 Å². The molecule has 0 bridgehead atoms. The van der Waals surface area contributed by atoms with E-state index in [0.29, 0.717) is 49.1 Å². The predicted molar refractivity (Wildman–Crippen MR) is 126 cm³/mol. The smallest absolute Gasteiger partial charge is 0.306 e. The van der Waals surface area contributed by atoms with E-state index < -0.39 is 0 Å². The van der Waals surface area contributed by atoms with Crippen LogP contribution in [0.15, 0.2) is 12.2 Å². The molecule has 1 rings (SSSR count). The molecule has 0 heterocycles. The molecular formula is C24H39IO4. The summed E-state index contributed by atoms with van der Waals surface area (Å²) in [6.45, 7) is 5.86. The third-order valence-electron chi connectivity index (χ3n) is 5.69. The molecule has 3 atom stereocenters. The number of ketones is 2. The molecule has 29 heavy (non-hydrogen) atoms. The number of carbonyl (C=O) groups is 3. The maximum absolute atomic E-state index is 12.5. The van der Waals surface area contributed by atoms with Crippen LogP contribution in [0.4, 0.5) is 0 Å². The minimum absolute atomic E-state index is 0.0559.